The van der Waals surface area contributed by atoms with E-state index in [-0.39, 0.29) is 31.1 Å². The maximum absolute atomic E-state index is 13.1. The van der Waals surface area contributed by atoms with Crippen LogP contribution in [0.2, 0.25) is 0 Å². The highest BCUT2D eigenvalue weighted by molar-refractivity contribution is 5.91. The molecule has 2 rings (SSSR count). The highest BCUT2D eigenvalue weighted by atomic mass is 19.4. The van der Waals surface area contributed by atoms with E-state index in [1.165, 1.54) is 37.3 Å². The number of rotatable bonds is 6. The summed E-state index contributed by atoms with van der Waals surface area (Å²) in [5.74, 6) is -1.28. The fourth-order valence-electron chi connectivity index (χ4n) is 2.52. The van der Waals surface area contributed by atoms with Crippen LogP contribution in [-0.4, -0.2) is 24.9 Å². The van der Waals surface area contributed by atoms with Crippen molar-refractivity contribution in [3.05, 3.63) is 65.5 Å². The van der Waals surface area contributed by atoms with Gasteiger partial charge in [-0.1, -0.05) is 18.2 Å². The molecule has 0 atom stereocenters. The van der Waals surface area contributed by atoms with Crippen LogP contribution in [0.5, 0.6) is 0 Å². The number of carbonyl (C=O) groups excluding carboxylic acids is 2. The molecular weight excluding hydrogens is 364 g/mol. The molecular formula is C19H18F4N2O2. The van der Waals surface area contributed by atoms with Gasteiger partial charge in [-0.15, -0.1) is 0 Å². The van der Waals surface area contributed by atoms with Gasteiger partial charge in [0.05, 0.1) is 12.0 Å². The summed E-state index contributed by atoms with van der Waals surface area (Å²) in [5.41, 5.74) is -0.271. The van der Waals surface area contributed by atoms with E-state index >= 15 is 0 Å². The van der Waals surface area contributed by atoms with Crippen molar-refractivity contribution in [3.8, 4) is 0 Å². The van der Waals surface area contributed by atoms with Gasteiger partial charge in [-0.3, -0.25) is 9.59 Å². The van der Waals surface area contributed by atoms with Crippen LogP contribution < -0.4 is 10.2 Å². The topological polar surface area (TPSA) is 49.4 Å². The summed E-state index contributed by atoms with van der Waals surface area (Å²) < 4.78 is 51.6. The van der Waals surface area contributed by atoms with Gasteiger partial charge in [0.2, 0.25) is 11.8 Å². The maximum Gasteiger partial charge on any atom is 0.416 e. The largest absolute Gasteiger partial charge is 0.416 e. The third kappa shape index (κ3) is 6.09. The summed E-state index contributed by atoms with van der Waals surface area (Å²) in [5, 5.41) is 2.57. The molecule has 27 heavy (non-hydrogen) atoms. The van der Waals surface area contributed by atoms with Crippen LogP contribution in [0.3, 0.4) is 0 Å². The Hall–Kier alpha value is -2.90. The van der Waals surface area contributed by atoms with Gasteiger partial charge in [0.1, 0.15) is 5.82 Å². The zero-order valence-corrected chi connectivity index (χ0v) is 14.5. The number of benzene rings is 2. The first-order valence-electron chi connectivity index (χ1n) is 8.13. The smallest absolute Gasteiger partial charge is 0.354 e. The van der Waals surface area contributed by atoms with Crippen LogP contribution >= 0.6 is 0 Å². The number of halogens is 4. The Morgan fingerprint density at radius 3 is 2.41 bits per heavy atom. The summed E-state index contributed by atoms with van der Waals surface area (Å²) in [7, 11) is 0. The lowest BCUT2D eigenvalue weighted by atomic mass is 10.1. The third-order valence-electron chi connectivity index (χ3n) is 3.78. The summed E-state index contributed by atoms with van der Waals surface area (Å²) in [4.78, 5) is 24.9. The van der Waals surface area contributed by atoms with Crippen molar-refractivity contribution in [3.63, 3.8) is 0 Å². The quantitative estimate of drug-likeness (QED) is 0.777. The zero-order valence-electron chi connectivity index (χ0n) is 14.5. The minimum absolute atomic E-state index is 0.00549. The van der Waals surface area contributed by atoms with E-state index in [0.717, 1.165) is 17.0 Å². The van der Waals surface area contributed by atoms with Gasteiger partial charge < -0.3 is 10.2 Å². The SMILES string of the molecule is CC(=O)N(CCNC(=O)Cc1cccc(F)c1)c1cccc(C(F)(F)F)c1. The number of alkyl halides is 3. The fraction of sp³-hybridized carbons (Fsp3) is 0.263. The van der Waals surface area contributed by atoms with Gasteiger partial charge in [-0.25, -0.2) is 4.39 Å². The van der Waals surface area contributed by atoms with Crippen molar-refractivity contribution in [2.24, 2.45) is 0 Å². The Morgan fingerprint density at radius 2 is 1.78 bits per heavy atom. The van der Waals surface area contributed by atoms with Crippen LogP contribution in [0, 0.1) is 5.82 Å². The Kier molecular flexibility index (Phi) is 6.55. The number of nitrogens with zero attached hydrogens (tertiary/aromatic N) is 1. The molecule has 0 saturated heterocycles. The summed E-state index contributed by atoms with van der Waals surface area (Å²) in [6.45, 7) is 1.28. The molecule has 0 aliphatic carbocycles. The van der Waals surface area contributed by atoms with E-state index in [4.69, 9.17) is 0 Å². The third-order valence-corrected chi connectivity index (χ3v) is 3.78. The second-order valence-electron chi connectivity index (χ2n) is 5.88. The standard InChI is InChI=1S/C19H18F4N2O2/c1-13(26)25(17-7-3-5-15(12-17)19(21,22)23)9-8-24-18(27)11-14-4-2-6-16(20)10-14/h2-7,10,12H,8-9,11H2,1H3,(H,24,27). The summed E-state index contributed by atoms with van der Waals surface area (Å²) in [6.07, 6.45) is -4.56. The minimum atomic E-state index is -4.52. The molecule has 0 aliphatic rings. The monoisotopic (exact) mass is 382 g/mol. The van der Waals surface area contributed by atoms with E-state index in [2.05, 4.69) is 5.32 Å². The first-order chi connectivity index (χ1) is 12.7. The number of hydrogen-bond donors (Lipinski definition) is 1. The van der Waals surface area contributed by atoms with E-state index in [1.807, 2.05) is 0 Å². The molecule has 4 nitrogen and oxygen atoms in total. The van der Waals surface area contributed by atoms with Crippen molar-refractivity contribution < 1.29 is 27.2 Å². The second-order valence-corrected chi connectivity index (χ2v) is 5.88. The summed E-state index contributed by atoms with van der Waals surface area (Å²) in [6, 6.07) is 10.0. The maximum atomic E-state index is 13.1. The normalized spacial score (nSPS) is 11.1. The molecule has 0 spiro atoms. The van der Waals surface area contributed by atoms with Gasteiger partial charge in [0.25, 0.3) is 0 Å². The van der Waals surface area contributed by atoms with E-state index in [1.54, 1.807) is 6.07 Å². The zero-order chi connectivity index (χ0) is 20.0. The predicted octanol–water partition coefficient (Wildman–Crippen LogP) is 3.56. The predicted molar refractivity (Wildman–Crippen MR) is 92.6 cm³/mol. The Bertz CT molecular complexity index is 821. The molecule has 0 bridgehead atoms. The van der Waals surface area contributed by atoms with Crippen LogP contribution in [0.4, 0.5) is 23.2 Å². The minimum Gasteiger partial charge on any atom is -0.354 e. The first kappa shape index (κ1) is 20.4. The molecule has 2 aromatic rings. The molecule has 144 valence electrons. The molecule has 2 aromatic carbocycles. The van der Waals surface area contributed by atoms with E-state index < -0.39 is 23.5 Å². The fourth-order valence-corrected chi connectivity index (χ4v) is 2.52. The van der Waals surface area contributed by atoms with Crippen LogP contribution in [0.1, 0.15) is 18.1 Å². The number of amides is 2. The van der Waals surface area contributed by atoms with E-state index in [0.29, 0.717) is 5.56 Å². The van der Waals surface area contributed by atoms with E-state index in [9.17, 15) is 27.2 Å². The number of hydrogen-bond acceptors (Lipinski definition) is 2. The number of anilines is 1. The average Bonchev–Trinajstić information content (AvgIpc) is 2.58. The van der Waals surface area contributed by atoms with Gasteiger partial charge in [0, 0.05) is 25.7 Å². The van der Waals surface area contributed by atoms with Gasteiger partial charge in [-0.05, 0) is 35.9 Å². The van der Waals surface area contributed by atoms with Gasteiger partial charge in [0.15, 0.2) is 0 Å². The summed E-state index contributed by atoms with van der Waals surface area (Å²) >= 11 is 0. The molecule has 0 radical (unpaired) electrons. The van der Waals surface area contributed by atoms with Gasteiger partial charge >= 0.3 is 6.18 Å². The Balaban J connectivity index is 1.97. The molecule has 1 N–H and O–H groups in total. The Labute approximate surface area is 153 Å². The highest BCUT2D eigenvalue weighted by Crippen LogP contribution is 2.31. The molecule has 0 saturated carbocycles. The lowest BCUT2D eigenvalue weighted by molar-refractivity contribution is -0.137. The van der Waals surface area contributed by atoms with Crippen molar-refractivity contribution >= 4 is 17.5 Å². The first-order valence-corrected chi connectivity index (χ1v) is 8.13. The van der Waals surface area contributed by atoms with Crippen molar-refractivity contribution in [1.82, 2.24) is 5.32 Å². The average molecular weight is 382 g/mol. The van der Waals surface area contributed by atoms with Crippen LogP contribution in [0.25, 0.3) is 0 Å². The highest BCUT2D eigenvalue weighted by Gasteiger charge is 2.31. The van der Waals surface area contributed by atoms with Gasteiger partial charge in [-0.2, -0.15) is 13.2 Å². The lowest BCUT2D eigenvalue weighted by Crippen LogP contribution is -2.38. The molecule has 8 heteroatoms. The van der Waals surface area contributed by atoms with Crippen LogP contribution in [0.15, 0.2) is 48.5 Å². The molecule has 0 aliphatic heterocycles. The van der Waals surface area contributed by atoms with Crippen LogP contribution in [-0.2, 0) is 22.2 Å². The molecule has 0 heterocycles. The number of carbonyl (C=O) groups is 2. The molecule has 0 unspecified atom stereocenters. The Morgan fingerprint density at radius 1 is 1.07 bits per heavy atom. The molecule has 2 amide bonds. The van der Waals surface area contributed by atoms with Crippen molar-refractivity contribution in [1.29, 1.82) is 0 Å². The number of nitrogens with one attached hydrogen (secondary N) is 1. The molecule has 0 aromatic heterocycles. The lowest BCUT2D eigenvalue weighted by Gasteiger charge is -2.22. The second kappa shape index (κ2) is 8.66. The van der Waals surface area contributed by atoms with Crippen molar-refractivity contribution in [2.45, 2.75) is 19.5 Å². The molecule has 0 fully saturated rings. The van der Waals surface area contributed by atoms with Crippen molar-refractivity contribution in [2.75, 3.05) is 18.0 Å².